The Bertz CT molecular complexity index is 955. The maximum Gasteiger partial charge on any atom is 0.244 e. The molecule has 1 unspecified atom stereocenters. The summed E-state index contributed by atoms with van der Waals surface area (Å²) < 4.78 is 34.0. The summed E-state index contributed by atoms with van der Waals surface area (Å²) in [4.78, 5) is 4.96. The van der Waals surface area contributed by atoms with Crippen molar-refractivity contribution in [1.82, 2.24) is 4.31 Å². The van der Waals surface area contributed by atoms with Gasteiger partial charge in [0.05, 0.1) is 16.5 Å². The third-order valence-corrected chi connectivity index (χ3v) is 6.95. The minimum absolute atomic E-state index is 0.280. The molecule has 26 heavy (non-hydrogen) atoms. The van der Waals surface area contributed by atoms with Gasteiger partial charge in [-0.15, -0.1) is 0 Å². The van der Waals surface area contributed by atoms with Gasteiger partial charge in [0.15, 0.2) is 0 Å². The van der Waals surface area contributed by atoms with Gasteiger partial charge in [0.1, 0.15) is 12.1 Å². The molecule has 0 spiro atoms. The Morgan fingerprint density at radius 2 is 1.58 bits per heavy atom. The standard InChI is InChI=1S/C20H22N2O3S/c1-19(2)14-25-18(21-19)20(3)17(15-10-6-4-7-11-15)22(20)26(23,24)16-12-8-5-9-13-16/h4-13,17H,14H2,1-3H3/t17-,20+,22?/m0/s1. The van der Waals surface area contributed by atoms with Crippen LogP contribution in [0.15, 0.2) is 70.6 Å². The Kier molecular flexibility index (Phi) is 3.75. The zero-order chi connectivity index (χ0) is 18.6. The molecule has 0 amide bonds. The number of sulfonamides is 1. The fourth-order valence-electron chi connectivity index (χ4n) is 3.60. The molecule has 0 saturated carbocycles. The lowest BCUT2D eigenvalue weighted by Gasteiger charge is -2.12. The molecule has 2 aliphatic rings. The normalized spacial score (nSPS) is 29.7. The summed E-state index contributed by atoms with van der Waals surface area (Å²) in [6.45, 7) is 6.32. The quantitative estimate of drug-likeness (QED) is 0.775. The topological polar surface area (TPSA) is 58.7 Å². The van der Waals surface area contributed by atoms with Crippen LogP contribution in [0.4, 0.5) is 0 Å². The van der Waals surface area contributed by atoms with E-state index in [4.69, 9.17) is 4.74 Å². The molecule has 2 aromatic carbocycles. The van der Waals surface area contributed by atoms with Crippen LogP contribution in [0.2, 0.25) is 0 Å². The maximum absolute atomic E-state index is 13.3. The molecule has 0 bridgehead atoms. The molecule has 1 saturated heterocycles. The largest absolute Gasteiger partial charge is 0.477 e. The molecule has 0 N–H and O–H groups in total. The Morgan fingerprint density at radius 3 is 2.12 bits per heavy atom. The minimum Gasteiger partial charge on any atom is -0.477 e. The van der Waals surface area contributed by atoms with Crippen LogP contribution in [0.5, 0.6) is 0 Å². The summed E-state index contributed by atoms with van der Waals surface area (Å²) in [6.07, 6.45) is 0. The monoisotopic (exact) mass is 370 g/mol. The molecule has 2 aromatic rings. The minimum atomic E-state index is -3.67. The zero-order valence-corrected chi connectivity index (χ0v) is 15.9. The number of ether oxygens (including phenoxy) is 1. The first-order valence-electron chi connectivity index (χ1n) is 8.64. The summed E-state index contributed by atoms with van der Waals surface area (Å²) in [7, 11) is -3.67. The zero-order valence-electron chi connectivity index (χ0n) is 15.1. The van der Waals surface area contributed by atoms with Gasteiger partial charge in [-0.1, -0.05) is 48.5 Å². The summed E-state index contributed by atoms with van der Waals surface area (Å²) in [6, 6.07) is 17.8. The fourth-order valence-corrected chi connectivity index (χ4v) is 5.57. The Balaban J connectivity index is 1.82. The van der Waals surface area contributed by atoms with Crippen molar-refractivity contribution in [3.63, 3.8) is 0 Å². The van der Waals surface area contributed by atoms with Gasteiger partial charge in [0.25, 0.3) is 0 Å². The van der Waals surface area contributed by atoms with Crippen molar-refractivity contribution in [2.24, 2.45) is 4.99 Å². The summed E-state index contributed by atoms with van der Waals surface area (Å²) in [5.74, 6) is 0.496. The van der Waals surface area contributed by atoms with Crippen LogP contribution in [0, 0.1) is 0 Å². The summed E-state index contributed by atoms with van der Waals surface area (Å²) in [5.41, 5.74) is -0.223. The number of hydrogen-bond donors (Lipinski definition) is 0. The molecule has 2 aliphatic heterocycles. The molecule has 0 aromatic heterocycles. The van der Waals surface area contributed by atoms with Gasteiger partial charge in [-0.2, -0.15) is 4.31 Å². The molecule has 1 fully saturated rings. The van der Waals surface area contributed by atoms with E-state index in [1.807, 2.05) is 57.2 Å². The van der Waals surface area contributed by atoms with E-state index >= 15 is 0 Å². The molecule has 136 valence electrons. The van der Waals surface area contributed by atoms with Gasteiger partial charge in [-0.3, -0.25) is 0 Å². The van der Waals surface area contributed by atoms with E-state index in [9.17, 15) is 8.42 Å². The number of hydrogen-bond acceptors (Lipinski definition) is 4. The third-order valence-electron chi connectivity index (χ3n) is 4.97. The molecular weight excluding hydrogens is 348 g/mol. The smallest absolute Gasteiger partial charge is 0.244 e. The second-order valence-corrected chi connectivity index (χ2v) is 9.41. The first-order chi connectivity index (χ1) is 12.3. The van der Waals surface area contributed by atoms with Crippen LogP contribution >= 0.6 is 0 Å². The second-order valence-electron chi connectivity index (χ2n) is 7.59. The molecule has 3 atom stereocenters. The highest BCUT2D eigenvalue weighted by molar-refractivity contribution is 7.89. The van der Waals surface area contributed by atoms with Crippen molar-refractivity contribution in [3.05, 3.63) is 66.2 Å². The van der Waals surface area contributed by atoms with Gasteiger partial charge in [0.2, 0.25) is 15.9 Å². The van der Waals surface area contributed by atoms with Crippen LogP contribution in [0.3, 0.4) is 0 Å². The summed E-state index contributed by atoms with van der Waals surface area (Å²) in [5, 5.41) is 0. The predicted molar refractivity (Wildman–Crippen MR) is 101 cm³/mol. The van der Waals surface area contributed by atoms with E-state index in [1.165, 1.54) is 4.31 Å². The number of rotatable bonds is 4. The Labute approximate surface area is 154 Å². The van der Waals surface area contributed by atoms with Crippen molar-refractivity contribution < 1.29 is 13.2 Å². The van der Waals surface area contributed by atoms with E-state index in [0.29, 0.717) is 12.5 Å². The van der Waals surface area contributed by atoms with E-state index in [1.54, 1.807) is 24.3 Å². The second kappa shape index (κ2) is 5.66. The van der Waals surface area contributed by atoms with Gasteiger partial charge in [0, 0.05) is 0 Å². The lowest BCUT2D eigenvalue weighted by Crippen LogP contribution is -2.29. The van der Waals surface area contributed by atoms with Crippen LogP contribution in [0.1, 0.15) is 32.4 Å². The SMILES string of the molecule is CC1(C)COC([C@@]2(C)[C@H](c3ccccc3)N2S(=O)(=O)c2ccccc2)=N1. The maximum atomic E-state index is 13.3. The molecule has 0 aliphatic carbocycles. The van der Waals surface area contributed by atoms with Gasteiger partial charge < -0.3 is 4.74 Å². The van der Waals surface area contributed by atoms with Crippen molar-refractivity contribution in [2.45, 2.75) is 42.8 Å². The predicted octanol–water partition coefficient (Wildman–Crippen LogP) is 3.40. The van der Waals surface area contributed by atoms with Crippen LogP contribution in [0.25, 0.3) is 0 Å². The lowest BCUT2D eigenvalue weighted by molar-refractivity contribution is 0.267. The van der Waals surface area contributed by atoms with Crippen molar-refractivity contribution in [2.75, 3.05) is 6.61 Å². The van der Waals surface area contributed by atoms with Crippen LogP contribution < -0.4 is 0 Å². The molecule has 6 heteroatoms. The average Bonchev–Trinajstić information content (AvgIpc) is 3.12. The lowest BCUT2D eigenvalue weighted by atomic mass is 10.0. The number of aliphatic imine (C=N–C) groups is 1. The molecular formula is C20H22N2O3S. The fraction of sp³-hybridized carbons (Fsp3) is 0.350. The number of nitrogens with zero attached hydrogens (tertiary/aromatic N) is 2. The van der Waals surface area contributed by atoms with Crippen molar-refractivity contribution in [1.29, 1.82) is 0 Å². The molecule has 0 radical (unpaired) electrons. The van der Waals surface area contributed by atoms with Crippen LogP contribution in [-0.2, 0) is 14.8 Å². The van der Waals surface area contributed by atoms with E-state index < -0.39 is 15.6 Å². The molecule has 4 rings (SSSR count). The number of benzene rings is 2. The van der Waals surface area contributed by atoms with Gasteiger partial charge in [-0.05, 0) is 38.5 Å². The highest BCUT2D eigenvalue weighted by Crippen LogP contribution is 2.58. The van der Waals surface area contributed by atoms with Crippen molar-refractivity contribution >= 4 is 15.9 Å². The third kappa shape index (κ3) is 2.56. The van der Waals surface area contributed by atoms with E-state index in [2.05, 4.69) is 4.99 Å². The summed E-state index contributed by atoms with van der Waals surface area (Å²) >= 11 is 0. The highest BCUT2D eigenvalue weighted by atomic mass is 32.2. The first kappa shape index (κ1) is 17.2. The first-order valence-corrected chi connectivity index (χ1v) is 10.1. The Morgan fingerprint density at radius 1 is 1.00 bits per heavy atom. The molecule has 5 nitrogen and oxygen atoms in total. The van der Waals surface area contributed by atoms with E-state index in [0.717, 1.165) is 5.56 Å². The van der Waals surface area contributed by atoms with E-state index in [-0.39, 0.29) is 16.5 Å². The van der Waals surface area contributed by atoms with Crippen LogP contribution in [-0.4, -0.2) is 36.3 Å². The highest BCUT2D eigenvalue weighted by Gasteiger charge is 2.71. The van der Waals surface area contributed by atoms with Gasteiger partial charge in [-0.25, -0.2) is 13.4 Å². The van der Waals surface area contributed by atoms with Gasteiger partial charge >= 0.3 is 0 Å². The van der Waals surface area contributed by atoms with Crippen molar-refractivity contribution in [3.8, 4) is 0 Å². The Hall–Kier alpha value is -2.18. The average molecular weight is 370 g/mol. The molecule has 2 heterocycles.